The van der Waals surface area contributed by atoms with Crippen LogP contribution in [-0.4, -0.2) is 21.0 Å². The Kier molecular flexibility index (Phi) is 8.06. The normalized spacial score (nSPS) is 12.7. The van der Waals surface area contributed by atoms with Crippen molar-refractivity contribution in [2.45, 2.75) is 44.1 Å². The van der Waals surface area contributed by atoms with Crippen molar-refractivity contribution in [1.82, 2.24) is 10.6 Å². The van der Waals surface area contributed by atoms with Gasteiger partial charge in [0, 0.05) is 12.1 Å². The predicted molar refractivity (Wildman–Crippen MR) is 107 cm³/mol. The lowest BCUT2D eigenvalue weighted by Gasteiger charge is -2.28. The molecule has 0 aliphatic carbocycles. The molecule has 0 heterocycles. The highest BCUT2D eigenvalue weighted by Gasteiger charge is 2.34. The van der Waals surface area contributed by atoms with Gasteiger partial charge in [0.2, 0.25) is 9.70 Å². The molecule has 134 valence electrons. The largest absolute Gasteiger partial charge is 0.339 e. The van der Waals surface area contributed by atoms with Gasteiger partial charge in [-0.2, -0.15) is 0 Å². The molecule has 24 heavy (non-hydrogen) atoms. The van der Waals surface area contributed by atoms with Crippen molar-refractivity contribution in [3.8, 4) is 0 Å². The standard InChI is InChI=1S/C16H22Cl3N3OS/c1-9(2)7-13(23)21-14(16(17,18)19)22-15(24)20-12-8-10(3)5-6-11(12)4/h5-6,8-9,14H,7H2,1-4H3,(H,21,23)(H2,20,22,24)/t14-/m0/s1. The Labute approximate surface area is 163 Å². The predicted octanol–water partition coefficient (Wildman–Crippen LogP) is 4.45. The van der Waals surface area contributed by atoms with E-state index in [4.69, 9.17) is 47.0 Å². The molecular formula is C16H22Cl3N3OS. The minimum atomic E-state index is -1.75. The average molecular weight is 411 g/mol. The molecule has 3 N–H and O–H groups in total. The van der Waals surface area contributed by atoms with E-state index in [1.165, 1.54) is 0 Å². The number of hydrogen-bond acceptors (Lipinski definition) is 2. The number of aryl methyl sites for hydroxylation is 2. The third-order valence-corrected chi connectivity index (χ3v) is 4.02. The van der Waals surface area contributed by atoms with Gasteiger partial charge in [-0.25, -0.2) is 0 Å². The Bertz CT molecular complexity index is 603. The van der Waals surface area contributed by atoms with Crippen LogP contribution >= 0.6 is 47.0 Å². The van der Waals surface area contributed by atoms with E-state index < -0.39 is 9.96 Å². The molecule has 1 amide bonds. The first-order chi connectivity index (χ1) is 11.0. The van der Waals surface area contributed by atoms with Crippen LogP contribution in [-0.2, 0) is 4.79 Å². The van der Waals surface area contributed by atoms with Gasteiger partial charge in [-0.1, -0.05) is 60.8 Å². The van der Waals surface area contributed by atoms with Gasteiger partial charge < -0.3 is 16.0 Å². The molecule has 0 spiro atoms. The molecule has 0 fully saturated rings. The minimum absolute atomic E-state index is 0.195. The number of benzene rings is 1. The summed E-state index contributed by atoms with van der Waals surface area (Å²) in [5.41, 5.74) is 2.97. The van der Waals surface area contributed by atoms with Gasteiger partial charge in [-0.15, -0.1) is 0 Å². The first-order valence-corrected chi connectivity index (χ1v) is 9.04. The minimum Gasteiger partial charge on any atom is -0.339 e. The first-order valence-electron chi connectivity index (χ1n) is 7.50. The summed E-state index contributed by atoms with van der Waals surface area (Å²) in [6, 6.07) is 5.95. The van der Waals surface area contributed by atoms with Crippen LogP contribution in [0.4, 0.5) is 5.69 Å². The van der Waals surface area contributed by atoms with E-state index in [0.717, 1.165) is 16.8 Å². The number of nitrogens with one attached hydrogen (secondary N) is 3. The second-order valence-corrected chi connectivity index (χ2v) is 8.83. The molecule has 1 atom stereocenters. The van der Waals surface area contributed by atoms with E-state index in [1.54, 1.807) is 0 Å². The molecule has 4 nitrogen and oxygen atoms in total. The fraction of sp³-hybridized carbons (Fsp3) is 0.500. The Balaban J connectivity index is 2.77. The zero-order chi connectivity index (χ0) is 18.5. The van der Waals surface area contributed by atoms with Crippen molar-refractivity contribution in [1.29, 1.82) is 0 Å². The molecule has 0 radical (unpaired) electrons. The number of halogens is 3. The van der Waals surface area contributed by atoms with Crippen LogP contribution in [0.3, 0.4) is 0 Å². The van der Waals surface area contributed by atoms with Gasteiger partial charge in [-0.05, 0) is 49.2 Å². The SMILES string of the molecule is Cc1ccc(C)c(NC(=S)N[C@H](NC(=O)CC(C)C)C(Cl)(Cl)Cl)c1. The van der Waals surface area contributed by atoms with E-state index in [0.29, 0.717) is 6.42 Å². The molecule has 8 heteroatoms. The number of alkyl halides is 3. The molecule has 0 aromatic heterocycles. The summed E-state index contributed by atoms with van der Waals surface area (Å²) >= 11 is 23.1. The van der Waals surface area contributed by atoms with Gasteiger partial charge in [-0.3, -0.25) is 4.79 Å². The van der Waals surface area contributed by atoms with Crippen molar-refractivity contribution >= 4 is 63.7 Å². The highest BCUT2D eigenvalue weighted by molar-refractivity contribution is 7.80. The Morgan fingerprint density at radius 2 is 1.83 bits per heavy atom. The summed E-state index contributed by atoms with van der Waals surface area (Å²) in [6.45, 7) is 7.81. The second kappa shape index (κ2) is 9.09. The van der Waals surface area contributed by atoms with Gasteiger partial charge in [0.1, 0.15) is 6.17 Å². The molecule has 0 unspecified atom stereocenters. The van der Waals surface area contributed by atoms with Gasteiger partial charge >= 0.3 is 0 Å². The maximum Gasteiger partial charge on any atom is 0.228 e. The molecular weight excluding hydrogens is 389 g/mol. The van der Waals surface area contributed by atoms with Crippen molar-refractivity contribution in [2.24, 2.45) is 5.92 Å². The van der Waals surface area contributed by atoms with Crippen LogP contribution in [0.1, 0.15) is 31.4 Å². The van der Waals surface area contributed by atoms with E-state index in [1.807, 2.05) is 45.9 Å². The highest BCUT2D eigenvalue weighted by Crippen LogP contribution is 2.29. The van der Waals surface area contributed by atoms with E-state index in [-0.39, 0.29) is 16.9 Å². The number of amides is 1. The Morgan fingerprint density at radius 1 is 1.21 bits per heavy atom. The topological polar surface area (TPSA) is 53.2 Å². The number of anilines is 1. The van der Waals surface area contributed by atoms with Crippen molar-refractivity contribution in [2.75, 3.05) is 5.32 Å². The van der Waals surface area contributed by atoms with Crippen molar-refractivity contribution in [3.05, 3.63) is 29.3 Å². The molecule has 0 saturated heterocycles. The Hall–Kier alpha value is -0.750. The maximum absolute atomic E-state index is 12.0. The lowest BCUT2D eigenvalue weighted by molar-refractivity contribution is -0.122. The third kappa shape index (κ3) is 7.43. The molecule has 0 aliphatic rings. The summed E-state index contributed by atoms with van der Waals surface area (Å²) in [4.78, 5) is 12.0. The summed E-state index contributed by atoms with van der Waals surface area (Å²) in [7, 11) is 0. The van der Waals surface area contributed by atoms with Crippen LogP contribution in [0.5, 0.6) is 0 Å². The third-order valence-electron chi connectivity index (χ3n) is 3.14. The number of carbonyl (C=O) groups excluding carboxylic acids is 1. The monoisotopic (exact) mass is 409 g/mol. The van der Waals surface area contributed by atoms with Crippen molar-refractivity contribution in [3.63, 3.8) is 0 Å². The quantitative estimate of drug-likeness (QED) is 0.381. The van der Waals surface area contributed by atoms with Crippen LogP contribution < -0.4 is 16.0 Å². The molecule has 0 bridgehead atoms. The zero-order valence-corrected chi connectivity index (χ0v) is 17.1. The summed E-state index contributed by atoms with van der Waals surface area (Å²) in [5, 5.41) is 8.82. The molecule has 1 aromatic rings. The zero-order valence-electron chi connectivity index (χ0n) is 14.0. The second-order valence-electron chi connectivity index (χ2n) is 6.06. The fourth-order valence-corrected chi connectivity index (χ4v) is 2.51. The van der Waals surface area contributed by atoms with Crippen LogP contribution in [0, 0.1) is 19.8 Å². The fourth-order valence-electron chi connectivity index (χ4n) is 1.95. The molecule has 1 rings (SSSR count). The summed E-state index contributed by atoms with van der Waals surface area (Å²) in [6.07, 6.45) is -0.616. The summed E-state index contributed by atoms with van der Waals surface area (Å²) in [5.74, 6) is -0.0237. The van der Waals surface area contributed by atoms with E-state index >= 15 is 0 Å². The average Bonchev–Trinajstić information content (AvgIpc) is 2.40. The lowest BCUT2D eigenvalue weighted by Crippen LogP contribution is -2.56. The van der Waals surface area contributed by atoms with Crippen LogP contribution in [0.25, 0.3) is 0 Å². The number of hydrogen-bond donors (Lipinski definition) is 3. The molecule has 0 aliphatic heterocycles. The van der Waals surface area contributed by atoms with Crippen LogP contribution in [0.15, 0.2) is 18.2 Å². The summed E-state index contributed by atoms with van der Waals surface area (Å²) < 4.78 is -1.75. The van der Waals surface area contributed by atoms with E-state index in [9.17, 15) is 4.79 Å². The molecule has 1 aromatic carbocycles. The van der Waals surface area contributed by atoms with E-state index in [2.05, 4.69) is 16.0 Å². The number of thiocarbonyl (C=S) groups is 1. The smallest absolute Gasteiger partial charge is 0.228 e. The van der Waals surface area contributed by atoms with Gasteiger partial charge in [0.05, 0.1) is 0 Å². The Morgan fingerprint density at radius 3 is 2.38 bits per heavy atom. The van der Waals surface area contributed by atoms with Crippen LogP contribution in [0.2, 0.25) is 0 Å². The van der Waals surface area contributed by atoms with Gasteiger partial charge in [0.25, 0.3) is 0 Å². The lowest BCUT2D eigenvalue weighted by atomic mass is 10.1. The maximum atomic E-state index is 12.0. The van der Waals surface area contributed by atoms with Gasteiger partial charge in [0.15, 0.2) is 5.11 Å². The highest BCUT2D eigenvalue weighted by atomic mass is 35.6. The van der Waals surface area contributed by atoms with Crippen molar-refractivity contribution < 1.29 is 4.79 Å². The number of carbonyl (C=O) groups is 1. The molecule has 0 saturated carbocycles. The first kappa shape index (κ1) is 21.3. The number of rotatable bonds is 5.